The number of benzene rings is 1. The minimum Gasteiger partial charge on any atom is -0.315 e. The van der Waals surface area contributed by atoms with Gasteiger partial charge in [0.1, 0.15) is 5.82 Å². The first-order valence-electron chi connectivity index (χ1n) is 7.31. The highest BCUT2D eigenvalue weighted by molar-refractivity contribution is 9.10. The SMILES string of the molecule is CNC(Cc1ccc(F)cc1Br)C(C)(C)N1CCCC1. The van der Waals surface area contributed by atoms with E-state index in [1.165, 1.54) is 32.0 Å². The maximum atomic E-state index is 13.2. The Balaban J connectivity index is 2.15. The van der Waals surface area contributed by atoms with E-state index in [1.807, 2.05) is 13.1 Å². The molecule has 1 aromatic rings. The quantitative estimate of drug-likeness (QED) is 0.879. The van der Waals surface area contributed by atoms with Gasteiger partial charge in [0.25, 0.3) is 0 Å². The first-order valence-corrected chi connectivity index (χ1v) is 8.10. The Morgan fingerprint density at radius 2 is 2.00 bits per heavy atom. The summed E-state index contributed by atoms with van der Waals surface area (Å²) in [5.74, 6) is -0.194. The predicted octanol–water partition coefficient (Wildman–Crippen LogP) is 3.59. The average Bonchev–Trinajstić information content (AvgIpc) is 2.92. The van der Waals surface area contributed by atoms with Crippen molar-refractivity contribution in [1.29, 1.82) is 0 Å². The van der Waals surface area contributed by atoms with Crippen LogP contribution in [0, 0.1) is 5.82 Å². The molecule has 1 aliphatic rings. The molecular formula is C16H24BrFN2. The van der Waals surface area contributed by atoms with Crippen molar-refractivity contribution in [3.8, 4) is 0 Å². The van der Waals surface area contributed by atoms with Gasteiger partial charge in [0.2, 0.25) is 0 Å². The molecule has 2 nitrogen and oxygen atoms in total. The van der Waals surface area contributed by atoms with E-state index in [4.69, 9.17) is 0 Å². The fraction of sp³-hybridized carbons (Fsp3) is 0.625. The second-order valence-electron chi connectivity index (χ2n) is 6.13. The molecule has 4 heteroatoms. The zero-order valence-corrected chi connectivity index (χ0v) is 14.1. The van der Waals surface area contributed by atoms with Gasteiger partial charge in [-0.15, -0.1) is 0 Å². The summed E-state index contributed by atoms with van der Waals surface area (Å²) in [4.78, 5) is 2.56. The van der Waals surface area contributed by atoms with Crippen LogP contribution in [0.5, 0.6) is 0 Å². The number of nitrogens with one attached hydrogen (secondary N) is 1. The number of hydrogen-bond acceptors (Lipinski definition) is 2. The number of likely N-dealkylation sites (tertiary alicyclic amines) is 1. The van der Waals surface area contributed by atoms with E-state index in [0.29, 0.717) is 6.04 Å². The second-order valence-corrected chi connectivity index (χ2v) is 6.98. The van der Waals surface area contributed by atoms with Crippen molar-refractivity contribution in [3.05, 3.63) is 34.1 Å². The monoisotopic (exact) mass is 342 g/mol. The average molecular weight is 343 g/mol. The topological polar surface area (TPSA) is 15.3 Å². The first-order chi connectivity index (χ1) is 9.45. The Hall–Kier alpha value is -0.450. The molecule has 0 bridgehead atoms. The van der Waals surface area contributed by atoms with Crippen LogP contribution in [0.15, 0.2) is 22.7 Å². The fourth-order valence-electron chi connectivity index (χ4n) is 3.13. The summed E-state index contributed by atoms with van der Waals surface area (Å²) in [6.07, 6.45) is 3.47. The van der Waals surface area contributed by atoms with Gasteiger partial charge in [-0.1, -0.05) is 22.0 Å². The van der Waals surface area contributed by atoms with Gasteiger partial charge in [0, 0.05) is 16.1 Å². The Labute approximate surface area is 129 Å². The fourth-order valence-corrected chi connectivity index (χ4v) is 3.64. The van der Waals surface area contributed by atoms with Crippen molar-refractivity contribution in [2.24, 2.45) is 0 Å². The van der Waals surface area contributed by atoms with Gasteiger partial charge in [-0.05, 0) is 70.9 Å². The standard InChI is InChI=1S/C16H24BrFN2/c1-16(2,20-8-4-5-9-20)15(19-3)10-12-6-7-13(18)11-14(12)17/h6-7,11,15,19H,4-5,8-10H2,1-3H3. The third kappa shape index (κ3) is 3.41. The lowest BCUT2D eigenvalue weighted by molar-refractivity contribution is 0.110. The molecule has 0 amide bonds. The van der Waals surface area contributed by atoms with Gasteiger partial charge in [-0.25, -0.2) is 4.39 Å². The highest BCUT2D eigenvalue weighted by Crippen LogP contribution is 2.28. The van der Waals surface area contributed by atoms with E-state index in [0.717, 1.165) is 16.5 Å². The molecule has 1 saturated heterocycles. The van der Waals surface area contributed by atoms with E-state index in [9.17, 15) is 4.39 Å². The summed E-state index contributed by atoms with van der Waals surface area (Å²) >= 11 is 3.47. The highest BCUT2D eigenvalue weighted by Gasteiger charge is 2.36. The van der Waals surface area contributed by atoms with Crippen LogP contribution in [0.3, 0.4) is 0 Å². The molecule has 112 valence electrons. The van der Waals surface area contributed by atoms with Crippen molar-refractivity contribution >= 4 is 15.9 Å². The predicted molar refractivity (Wildman–Crippen MR) is 85.5 cm³/mol. The smallest absolute Gasteiger partial charge is 0.124 e. The third-order valence-electron chi connectivity index (χ3n) is 4.56. The molecule has 1 atom stereocenters. The third-order valence-corrected chi connectivity index (χ3v) is 5.30. The van der Waals surface area contributed by atoms with Crippen molar-refractivity contribution in [1.82, 2.24) is 10.2 Å². The van der Waals surface area contributed by atoms with Gasteiger partial charge in [-0.3, -0.25) is 4.90 Å². The molecule has 0 aliphatic carbocycles. The van der Waals surface area contributed by atoms with Crippen LogP contribution in [0.25, 0.3) is 0 Å². The normalized spacial score (nSPS) is 18.4. The van der Waals surface area contributed by atoms with Crippen LogP contribution in [0.4, 0.5) is 4.39 Å². The molecule has 1 heterocycles. The molecule has 1 N–H and O–H groups in total. The molecule has 0 spiro atoms. The maximum absolute atomic E-state index is 13.2. The van der Waals surface area contributed by atoms with Gasteiger partial charge in [-0.2, -0.15) is 0 Å². The van der Waals surface area contributed by atoms with Gasteiger partial charge in [0.05, 0.1) is 0 Å². The van der Waals surface area contributed by atoms with Crippen LogP contribution < -0.4 is 5.32 Å². The summed E-state index contributed by atoms with van der Waals surface area (Å²) in [7, 11) is 2.01. The van der Waals surface area contributed by atoms with Gasteiger partial charge < -0.3 is 5.32 Å². The molecule has 1 unspecified atom stereocenters. The van der Waals surface area contributed by atoms with Crippen LogP contribution in [0.1, 0.15) is 32.3 Å². The molecule has 1 aromatic carbocycles. The minimum absolute atomic E-state index is 0.0963. The zero-order valence-electron chi connectivity index (χ0n) is 12.5. The molecule has 20 heavy (non-hydrogen) atoms. The summed E-state index contributed by atoms with van der Waals surface area (Å²) in [6.45, 7) is 6.96. The van der Waals surface area contributed by atoms with E-state index in [1.54, 1.807) is 6.07 Å². The Kier molecular flexibility index (Phi) is 5.21. The Morgan fingerprint density at radius 1 is 1.35 bits per heavy atom. The van der Waals surface area contributed by atoms with Crippen molar-refractivity contribution in [3.63, 3.8) is 0 Å². The minimum atomic E-state index is -0.194. The number of halogens is 2. The number of likely N-dealkylation sites (N-methyl/N-ethyl adjacent to an activating group) is 1. The summed E-state index contributed by atoms with van der Waals surface area (Å²) in [5.41, 5.74) is 1.25. The number of nitrogens with zero attached hydrogens (tertiary/aromatic N) is 1. The lowest BCUT2D eigenvalue weighted by atomic mass is 9.87. The zero-order chi connectivity index (χ0) is 14.8. The van der Waals surface area contributed by atoms with Crippen molar-refractivity contribution in [2.75, 3.05) is 20.1 Å². The molecule has 0 radical (unpaired) electrons. The van der Waals surface area contributed by atoms with E-state index in [-0.39, 0.29) is 11.4 Å². The molecule has 2 rings (SSSR count). The first kappa shape index (κ1) is 15.9. The lowest BCUT2D eigenvalue weighted by Crippen LogP contribution is -2.57. The maximum Gasteiger partial charge on any atom is 0.124 e. The van der Waals surface area contributed by atoms with Gasteiger partial charge >= 0.3 is 0 Å². The second kappa shape index (κ2) is 6.54. The highest BCUT2D eigenvalue weighted by atomic mass is 79.9. The molecule has 0 saturated carbocycles. The van der Waals surface area contributed by atoms with Crippen molar-refractivity contribution in [2.45, 2.75) is 44.7 Å². The van der Waals surface area contributed by atoms with Crippen LogP contribution in [0.2, 0.25) is 0 Å². The van der Waals surface area contributed by atoms with Gasteiger partial charge in [0.15, 0.2) is 0 Å². The molecular weight excluding hydrogens is 319 g/mol. The number of rotatable bonds is 5. The van der Waals surface area contributed by atoms with E-state index < -0.39 is 0 Å². The van der Waals surface area contributed by atoms with Crippen LogP contribution in [-0.2, 0) is 6.42 Å². The molecule has 0 aromatic heterocycles. The Bertz CT molecular complexity index is 456. The Morgan fingerprint density at radius 3 is 2.55 bits per heavy atom. The summed E-state index contributed by atoms with van der Waals surface area (Å²) in [5, 5.41) is 3.45. The molecule has 1 fully saturated rings. The van der Waals surface area contributed by atoms with Crippen molar-refractivity contribution < 1.29 is 4.39 Å². The summed E-state index contributed by atoms with van der Waals surface area (Å²) < 4.78 is 14.0. The van der Waals surface area contributed by atoms with E-state index >= 15 is 0 Å². The van der Waals surface area contributed by atoms with Crippen LogP contribution >= 0.6 is 15.9 Å². The lowest BCUT2D eigenvalue weighted by Gasteiger charge is -2.42. The number of hydrogen-bond donors (Lipinski definition) is 1. The van der Waals surface area contributed by atoms with E-state index in [2.05, 4.69) is 40.0 Å². The molecule has 1 aliphatic heterocycles. The van der Waals surface area contributed by atoms with Crippen LogP contribution in [-0.4, -0.2) is 36.6 Å². The largest absolute Gasteiger partial charge is 0.315 e. The summed E-state index contributed by atoms with van der Waals surface area (Å²) in [6, 6.07) is 5.30.